The van der Waals surface area contributed by atoms with Crippen molar-refractivity contribution in [2.45, 2.75) is 32.7 Å². The number of halogens is 1. The molecule has 0 fully saturated rings. The Morgan fingerprint density at radius 3 is 2.86 bits per heavy atom. The van der Waals surface area contributed by atoms with E-state index in [9.17, 15) is 0 Å². The SMILES string of the molecule is CNc1cc(C)nc(Nc2cc3c(c(C4=CCN[C@@H](C)CC4)c2Cl)OCCO3)n1. The first kappa shape index (κ1) is 19.8. The summed E-state index contributed by atoms with van der Waals surface area (Å²) in [5.41, 5.74) is 3.61. The molecule has 154 valence electrons. The summed E-state index contributed by atoms with van der Waals surface area (Å²) in [7, 11) is 1.83. The lowest BCUT2D eigenvalue weighted by Gasteiger charge is -2.25. The van der Waals surface area contributed by atoms with Gasteiger partial charge in [0.2, 0.25) is 5.95 Å². The molecule has 3 N–H and O–H groups in total. The molecule has 0 unspecified atom stereocenters. The zero-order valence-electron chi connectivity index (χ0n) is 16.9. The minimum Gasteiger partial charge on any atom is -0.486 e. The van der Waals surface area contributed by atoms with Crippen LogP contribution in [0.4, 0.5) is 17.5 Å². The van der Waals surface area contributed by atoms with Gasteiger partial charge < -0.3 is 25.4 Å². The number of allylic oxidation sites excluding steroid dienone is 1. The Morgan fingerprint density at radius 1 is 1.21 bits per heavy atom. The molecule has 1 atom stereocenters. The molecule has 0 spiro atoms. The highest BCUT2D eigenvalue weighted by Gasteiger charge is 2.26. The van der Waals surface area contributed by atoms with Crippen molar-refractivity contribution in [2.24, 2.45) is 0 Å². The van der Waals surface area contributed by atoms with E-state index in [1.165, 1.54) is 5.57 Å². The van der Waals surface area contributed by atoms with Gasteiger partial charge in [0.05, 0.1) is 10.7 Å². The van der Waals surface area contributed by atoms with Crippen molar-refractivity contribution in [3.63, 3.8) is 0 Å². The Labute approximate surface area is 175 Å². The standard InChI is InChI=1S/C21H26ClN5O2/c1-12-4-5-14(6-7-24-12)18-19(22)15(11-16-20(18)29-9-8-28-16)26-21-25-13(2)10-17(23-3)27-21/h6,10-12,24H,4-5,7-9H2,1-3H3,(H2,23,25,26,27)/t12-/m0/s1. The molecule has 0 bridgehead atoms. The number of hydrogen-bond donors (Lipinski definition) is 3. The average Bonchev–Trinajstić information content (AvgIpc) is 2.92. The summed E-state index contributed by atoms with van der Waals surface area (Å²) >= 11 is 6.90. The van der Waals surface area contributed by atoms with Crippen LogP contribution in [0.1, 0.15) is 31.0 Å². The van der Waals surface area contributed by atoms with Gasteiger partial charge in [0.25, 0.3) is 0 Å². The van der Waals surface area contributed by atoms with Crippen molar-refractivity contribution in [3.8, 4) is 11.5 Å². The van der Waals surface area contributed by atoms with Crippen molar-refractivity contribution in [1.82, 2.24) is 15.3 Å². The number of benzene rings is 1. The number of hydrogen-bond acceptors (Lipinski definition) is 7. The lowest BCUT2D eigenvalue weighted by atomic mass is 9.97. The molecule has 0 radical (unpaired) electrons. The van der Waals surface area contributed by atoms with Gasteiger partial charge in [-0.3, -0.25) is 0 Å². The van der Waals surface area contributed by atoms with Gasteiger partial charge in [-0.05, 0) is 32.3 Å². The average molecular weight is 416 g/mol. The van der Waals surface area contributed by atoms with Crippen molar-refractivity contribution >= 4 is 34.6 Å². The summed E-state index contributed by atoms with van der Waals surface area (Å²) in [6, 6.07) is 4.20. The van der Waals surface area contributed by atoms with Crippen LogP contribution in [0.2, 0.25) is 5.02 Å². The molecule has 1 aromatic heterocycles. The van der Waals surface area contributed by atoms with E-state index in [0.717, 1.165) is 36.5 Å². The van der Waals surface area contributed by atoms with Crippen LogP contribution >= 0.6 is 11.6 Å². The van der Waals surface area contributed by atoms with Crippen LogP contribution in [0.15, 0.2) is 18.2 Å². The lowest BCUT2D eigenvalue weighted by Crippen LogP contribution is -2.24. The van der Waals surface area contributed by atoms with Gasteiger partial charge in [-0.2, -0.15) is 4.98 Å². The summed E-state index contributed by atoms with van der Waals surface area (Å²) in [6.07, 6.45) is 4.13. The van der Waals surface area contributed by atoms with Crippen molar-refractivity contribution in [3.05, 3.63) is 34.5 Å². The molecule has 3 heterocycles. The molecule has 1 aromatic carbocycles. The predicted molar refractivity (Wildman–Crippen MR) is 117 cm³/mol. The van der Waals surface area contributed by atoms with E-state index >= 15 is 0 Å². The van der Waals surface area contributed by atoms with Gasteiger partial charge in [0, 0.05) is 43.0 Å². The molecular formula is C21H26ClN5O2. The van der Waals surface area contributed by atoms with E-state index in [2.05, 4.69) is 38.9 Å². The minimum atomic E-state index is 0.456. The monoisotopic (exact) mass is 415 g/mol. The van der Waals surface area contributed by atoms with E-state index in [4.69, 9.17) is 21.1 Å². The number of anilines is 3. The maximum Gasteiger partial charge on any atom is 0.229 e. The zero-order valence-corrected chi connectivity index (χ0v) is 17.7. The number of nitrogens with zero attached hydrogens (tertiary/aromatic N) is 2. The Bertz CT molecular complexity index is 947. The first-order valence-corrected chi connectivity index (χ1v) is 10.3. The second-order valence-electron chi connectivity index (χ2n) is 7.31. The second kappa shape index (κ2) is 8.47. The fraction of sp³-hybridized carbons (Fsp3) is 0.429. The minimum absolute atomic E-state index is 0.456. The highest BCUT2D eigenvalue weighted by molar-refractivity contribution is 6.35. The smallest absolute Gasteiger partial charge is 0.229 e. The van der Waals surface area contributed by atoms with Gasteiger partial charge >= 0.3 is 0 Å². The van der Waals surface area contributed by atoms with Gasteiger partial charge in [0.1, 0.15) is 19.0 Å². The topological polar surface area (TPSA) is 80.3 Å². The molecule has 7 nitrogen and oxygen atoms in total. The molecular weight excluding hydrogens is 390 g/mol. The number of rotatable bonds is 4. The third-order valence-corrected chi connectivity index (χ3v) is 5.50. The number of aryl methyl sites for hydroxylation is 1. The normalized spacial score (nSPS) is 18.6. The van der Waals surface area contributed by atoms with Crippen LogP contribution in [0.3, 0.4) is 0 Å². The van der Waals surface area contributed by atoms with E-state index in [1.807, 2.05) is 26.1 Å². The van der Waals surface area contributed by atoms with Gasteiger partial charge in [-0.25, -0.2) is 4.98 Å². The first-order valence-electron chi connectivity index (χ1n) is 9.90. The number of ether oxygens (including phenoxy) is 2. The number of aromatic nitrogens is 2. The lowest BCUT2D eigenvalue weighted by molar-refractivity contribution is 0.171. The summed E-state index contributed by atoms with van der Waals surface area (Å²) in [4.78, 5) is 8.96. The van der Waals surface area contributed by atoms with Crippen LogP contribution in [-0.4, -0.2) is 42.8 Å². The maximum absolute atomic E-state index is 6.90. The van der Waals surface area contributed by atoms with Crippen LogP contribution in [0.5, 0.6) is 11.5 Å². The first-order chi connectivity index (χ1) is 14.0. The second-order valence-corrected chi connectivity index (χ2v) is 7.69. The Balaban J connectivity index is 1.77. The molecule has 0 amide bonds. The number of fused-ring (bicyclic) bond motifs is 1. The summed E-state index contributed by atoms with van der Waals surface area (Å²) in [5, 5.41) is 10.4. The van der Waals surface area contributed by atoms with Crippen LogP contribution < -0.4 is 25.4 Å². The maximum atomic E-state index is 6.90. The van der Waals surface area contributed by atoms with Crippen molar-refractivity contribution in [2.75, 3.05) is 37.4 Å². The van der Waals surface area contributed by atoms with Gasteiger partial charge in [0.15, 0.2) is 11.5 Å². The van der Waals surface area contributed by atoms with Crippen molar-refractivity contribution in [1.29, 1.82) is 0 Å². The van der Waals surface area contributed by atoms with Crippen LogP contribution in [-0.2, 0) is 0 Å². The van der Waals surface area contributed by atoms with Gasteiger partial charge in [-0.15, -0.1) is 0 Å². The molecule has 2 aliphatic heterocycles. The molecule has 29 heavy (non-hydrogen) atoms. The molecule has 0 saturated heterocycles. The Kier molecular flexibility index (Phi) is 5.78. The molecule has 2 aromatic rings. The zero-order chi connectivity index (χ0) is 20.4. The fourth-order valence-corrected chi connectivity index (χ4v) is 3.91. The predicted octanol–water partition coefficient (Wildman–Crippen LogP) is 4.15. The van der Waals surface area contributed by atoms with E-state index in [1.54, 1.807) is 0 Å². The number of nitrogens with one attached hydrogen (secondary N) is 3. The third kappa shape index (κ3) is 4.26. The quantitative estimate of drug-likeness (QED) is 0.692. The summed E-state index contributed by atoms with van der Waals surface area (Å²) in [6.45, 7) is 5.94. The molecule has 8 heteroatoms. The largest absolute Gasteiger partial charge is 0.486 e. The molecule has 0 aliphatic carbocycles. The summed E-state index contributed by atoms with van der Waals surface area (Å²) < 4.78 is 11.9. The fourth-order valence-electron chi connectivity index (χ4n) is 3.60. The molecule has 0 saturated carbocycles. The van der Waals surface area contributed by atoms with Gasteiger partial charge in [-0.1, -0.05) is 17.7 Å². The third-order valence-electron chi connectivity index (χ3n) is 5.11. The Hall–Kier alpha value is -2.51. The Morgan fingerprint density at radius 2 is 2.03 bits per heavy atom. The molecule has 2 aliphatic rings. The highest BCUT2D eigenvalue weighted by atomic mass is 35.5. The highest BCUT2D eigenvalue weighted by Crippen LogP contribution is 2.47. The van der Waals surface area contributed by atoms with E-state index < -0.39 is 0 Å². The van der Waals surface area contributed by atoms with Crippen molar-refractivity contribution < 1.29 is 9.47 Å². The molecule has 4 rings (SSSR count). The summed E-state index contributed by atoms with van der Waals surface area (Å²) in [5.74, 6) is 2.61. The van der Waals surface area contributed by atoms with E-state index in [0.29, 0.717) is 47.4 Å². The van der Waals surface area contributed by atoms with Crippen LogP contribution in [0, 0.1) is 6.92 Å². The van der Waals surface area contributed by atoms with E-state index in [-0.39, 0.29) is 0 Å². The van der Waals surface area contributed by atoms with Crippen LogP contribution in [0.25, 0.3) is 5.57 Å².